The van der Waals surface area contributed by atoms with Crippen molar-refractivity contribution in [3.63, 3.8) is 0 Å². The molecule has 1 amide bonds. The van der Waals surface area contributed by atoms with E-state index in [-0.39, 0.29) is 10.0 Å². The van der Waals surface area contributed by atoms with Crippen LogP contribution in [0.3, 0.4) is 0 Å². The van der Waals surface area contributed by atoms with E-state index in [0.29, 0.717) is 18.0 Å². The molecule has 1 unspecified atom stereocenters. The minimum absolute atomic E-state index is 0.135. The van der Waals surface area contributed by atoms with Gasteiger partial charge in [-0.2, -0.15) is 0 Å². The summed E-state index contributed by atoms with van der Waals surface area (Å²) in [6.07, 6.45) is -1.04. The number of hydrogen-bond acceptors (Lipinski definition) is 4. The van der Waals surface area contributed by atoms with Gasteiger partial charge in [0, 0.05) is 4.47 Å². The number of hydrogen-bond donors (Lipinski definition) is 1. The highest BCUT2D eigenvalue weighted by Crippen LogP contribution is 2.24. The summed E-state index contributed by atoms with van der Waals surface area (Å²) in [5, 5.41) is 2.66. The van der Waals surface area contributed by atoms with E-state index in [1.165, 1.54) is 13.0 Å². The topological polar surface area (TPSA) is 64.6 Å². The second-order valence-corrected chi connectivity index (χ2v) is 5.94. The smallest absolute Gasteiger partial charge is 0.340 e. The van der Waals surface area contributed by atoms with Crippen LogP contribution in [0.15, 0.2) is 46.9 Å². The summed E-state index contributed by atoms with van der Waals surface area (Å²) in [4.78, 5) is 24.4. The van der Waals surface area contributed by atoms with Crippen molar-refractivity contribution in [1.29, 1.82) is 0 Å². The van der Waals surface area contributed by atoms with Gasteiger partial charge in [0.25, 0.3) is 5.91 Å². The number of para-hydroxylation sites is 2. The van der Waals surface area contributed by atoms with Gasteiger partial charge in [0.05, 0.1) is 17.9 Å². The molecular formula is C18H17BrFNO4. The monoisotopic (exact) mass is 409 g/mol. The number of nitrogens with one attached hydrogen (secondary N) is 1. The molecule has 2 aromatic rings. The summed E-state index contributed by atoms with van der Waals surface area (Å²) >= 11 is 3.10. The number of ether oxygens (including phenoxy) is 2. The zero-order valence-corrected chi connectivity index (χ0v) is 15.3. The standard InChI is InChI=1S/C18H17BrFNO4/c1-3-24-16-7-5-4-6-15(16)21-17(22)11(2)25-18(23)13-9-8-12(20)10-14(13)19/h4-11H,3H2,1-2H3,(H,21,22). The number of anilines is 1. The molecule has 2 rings (SSSR count). The van der Waals surface area contributed by atoms with Crippen LogP contribution in [-0.2, 0) is 9.53 Å². The van der Waals surface area contributed by atoms with Crippen LogP contribution < -0.4 is 10.1 Å². The van der Waals surface area contributed by atoms with Gasteiger partial charge in [-0.1, -0.05) is 12.1 Å². The maximum Gasteiger partial charge on any atom is 0.340 e. The molecule has 0 aromatic heterocycles. The van der Waals surface area contributed by atoms with Crippen molar-refractivity contribution in [2.45, 2.75) is 20.0 Å². The molecule has 5 nitrogen and oxygen atoms in total. The Morgan fingerprint density at radius 1 is 1.24 bits per heavy atom. The van der Waals surface area contributed by atoms with Crippen molar-refractivity contribution in [1.82, 2.24) is 0 Å². The van der Waals surface area contributed by atoms with Crippen molar-refractivity contribution in [2.75, 3.05) is 11.9 Å². The Morgan fingerprint density at radius 3 is 2.64 bits per heavy atom. The number of halogens is 2. The van der Waals surface area contributed by atoms with E-state index in [1.54, 1.807) is 24.3 Å². The molecule has 0 aliphatic carbocycles. The number of amides is 1. The molecule has 1 atom stereocenters. The highest BCUT2D eigenvalue weighted by molar-refractivity contribution is 9.10. The quantitative estimate of drug-likeness (QED) is 0.727. The van der Waals surface area contributed by atoms with Crippen LogP contribution in [0, 0.1) is 5.82 Å². The summed E-state index contributed by atoms with van der Waals surface area (Å²) in [6, 6.07) is 10.5. The predicted octanol–water partition coefficient (Wildman–Crippen LogP) is 4.17. The molecule has 0 heterocycles. The van der Waals surface area contributed by atoms with Gasteiger partial charge < -0.3 is 14.8 Å². The largest absolute Gasteiger partial charge is 0.492 e. The van der Waals surface area contributed by atoms with Gasteiger partial charge in [-0.25, -0.2) is 9.18 Å². The second-order valence-electron chi connectivity index (χ2n) is 5.09. The minimum atomic E-state index is -1.04. The number of benzene rings is 2. The maximum atomic E-state index is 13.1. The molecule has 0 aliphatic heterocycles. The Labute approximate surface area is 153 Å². The molecule has 2 aromatic carbocycles. The van der Waals surface area contributed by atoms with E-state index in [9.17, 15) is 14.0 Å². The fraction of sp³-hybridized carbons (Fsp3) is 0.222. The van der Waals surface area contributed by atoms with E-state index in [4.69, 9.17) is 9.47 Å². The van der Waals surface area contributed by atoms with Crippen LogP contribution in [0.5, 0.6) is 5.75 Å². The fourth-order valence-corrected chi connectivity index (χ4v) is 2.53. The van der Waals surface area contributed by atoms with Crippen LogP contribution >= 0.6 is 15.9 Å². The molecule has 0 spiro atoms. The maximum absolute atomic E-state index is 13.1. The van der Waals surface area contributed by atoms with E-state index in [2.05, 4.69) is 21.2 Å². The molecule has 0 saturated carbocycles. The average molecular weight is 410 g/mol. The molecule has 0 aliphatic rings. The summed E-state index contributed by atoms with van der Waals surface area (Å²) in [5.74, 6) is -1.19. The van der Waals surface area contributed by atoms with Crippen molar-refractivity contribution >= 4 is 33.5 Å². The Morgan fingerprint density at radius 2 is 1.96 bits per heavy atom. The first-order chi connectivity index (χ1) is 11.9. The molecule has 0 saturated heterocycles. The highest BCUT2D eigenvalue weighted by atomic mass is 79.9. The van der Waals surface area contributed by atoms with E-state index >= 15 is 0 Å². The Bertz CT molecular complexity index is 781. The van der Waals surface area contributed by atoms with Crippen LogP contribution in [0.4, 0.5) is 10.1 Å². The van der Waals surface area contributed by atoms with Crippen molar-refractivity contribution < 1.29 is 23.5 Å². The molecule has 1 N–H and O–H groups in total. The molecular weight excluding hydrogens is 393 g/mol. The van der Waals surface area contributed by atoms with Crippen LogP contribution in [-0.4, -0.2) is 24.6 Å². The minimum Gasteiger partial charge on any atom is -0.492 e. The first-order valence-corrected chi connectivity index (χ1v) is 8.40. The molecule has 0 radical (unpaired) electrons. The predicted molar refractivity (Wildman–Crippen MR) is 95.2 cm³/mol. The molecule has 0 fully saturated rings. The number of carbonyl (C=O) groups excluding carboxylic acids is 2. The van der Waals surface area contributed by atoms with Gasteiger partial charge in [0.15, 0.2) is 6.10 Å². The van der Waals surface area contributed by atoms with Crippen LogP contribution in [0.1, 0.15) is 24.2 Å². The van der Waals surface area contributed by atoms with Gasteiger partial charge >= 0.3 is 5.97 Å². The lowest BCUT2D eigenvalue weighted by atomic mass is 10.2. The average Bonchev–Trinajstić information content (AvgIpc) is 2.56. The van der Waals surface area contributed by atoms with Gasteiger partial charge in [-0.05, 0) is 60.1 Å². The van der Waals surface area contributed by atoms with Crippen LogP contribution in [0.2, 0.25) is 0 Å². The third kappa shape index (κ3) is 5.03. The molecule has 0 bridgehead atoms. The summed E-state index contributed by atoms with van der Waals surface area (Å²) in [5.41, 5.74) is 0.621. The third-order valence-corrected chi connectivity index (χ3v) is 3.90. The Kier molecular flexibility index (Phi) is 6.52. The van der Waals surface area contributed by atoms with Crippen molar-refractivity contribution in [3.8, 4) is 5.75 Å². The molecule has 7 heteroatoms. The van der Waals surface area contributed by atoms with Gasteiger partial charge in [-0.3, -0.25) is 4.79 Å². The van der Waals surface area contributed by atoms with Crippen molar-refractivity contribution in [2.24, 2.45) is 0 Å². The van der Waals surface area contributed by atoms with Crippen molar-refractivity contribution in [3.05, 3.63) is 58.3 Å². The van der Waals surface area contributed by atoms with Gasteiger partial charge in [0.1, 0.15) is 11.6 Å². The second kappa shape index (κ2) is 8.62. The summed E-state index contributed by atoms with van der Waals surface area (Å²) in [6.45, 7) is 3.74. The van der Waals surface area contributed by atoms with Gasteiger partial charge in [-0.15, -0.1) is 0 Å². The zero-order valence-electron chi connectivity index (χ0n) is 13.7. The summed E-state index contributed by atoms with van der Waals surface area (Å²) < 4.78 is 23.9. The van der Waals surface area contributed by atoms with Crippen LogP contribution in [0.25, 0.3) is 0 Å². The number of esters is 1. The fourth-order valence-electron chi connectivity index (χ4n) is 2.02. The first-order valence-electron chi connectivity index (χ1n) is 7.61. The normalized spacial score (nSPS) is 11.5. The van der Waals surface area contributed by atoms with E-state index < -0.39 is 23.8 Å². The van der Waals surface area contributed by atoms with E-state index in [0.717, 1.165) is 12.1 Å². The lowest BCUT2D eigenvalue weighted by Gasteiger charge is -2.16. The lowest BCUT2D eigenvalue weighted by Crippen LogP contribution is -2.30. The Hall–Kier alpha value is -2.41. The molecule has 132 valence electrons. The summed E-state index contributed by atoms with van der Waals surface area (Å²) in [7, 11) is 0. The third-order valence-electron chi connectivity index (χ3n) is 3.25. The highest BCUT2D eigenvalue weighted by Gasteiger charge is 2.21. The zero-order chi connectivity index (χ0) is 18.4. The molecule has 25 heavy (non-hydrogen) atoms. The Balaban J connectivity index is 2.04. The first kappa shape index (κ1) is 18.9. The van der Waals surface area contributed by atoms with E-state index in [1.807, 2.05) is 6.92 Å². The van der Waals surface area contributed by atoms with Gasteiger partial charge in [0.2, 0.25) is 0 Å². The lowest BCUT2D eigenvalue weighted by molar-refractivity contribution is -0.123. The number of carbonyl (C=O) groups is 2. The number of rotatable bonds is 6. The SMILES string of the molecule is CCOc1ccccc1NC(=O)C(C)OC(=O)c1ccc(F)cc1Br.